The second-order valence-corrected chi connectivity index (χ2v) is 21.0. The van der Waals surface area contributed by atoms with Crippen molar-refractivity contribution in [3.8, 4) is 0 Å². The summed E-state index contributed by atoms with van der Waals surface area (Å²) in [6, 6.07) is 0. The van der Waals surface area contributed by atoms with Crippen molar-refractivity contribution in [3.05, 3.63) is 11.6 Å². The highest BCUT2D eigenvalue weighted by Gasteiger charge is 2.68. The zero-order valence-corrected chi connectivity index (χ0v) is 40.2. The molecule has 0 aromatic rings. The monoisotopic (exact) mass is 897 g/mol. The number of allylic oxidation sites excluding steroid dienone is 1. The number of aliphatic hydroxyl groups is 3. The molecule has 63 heavy (non-hydrogen) atoms. The van der Waals surface area contributed by atoms with E-state index in [1.807, 2.05) is 47.6 Å². The third-order valence-electron chi connectivity index (χ3n) is 16.3. The maximum Gasteiger partial charge on any atom is 0.306 e. The van der Waals surface area contributed by atoms with Gasteiger partial charge in [0.05, 0.1) is 67.0 Å². The van der Waals surface area contributed by atoms with Crippen LogP contribution in [0.1, 0.15) is 134 Å². The molecular formula is C48H80O15. The van der Waals surface area contributed by atoms with Gasteiger partial charge in [0.25, 0.3) is 0 Å². The van der Waals surface area contributed by atoms with Crippen LogP contribution in [0.5, 0.6) is 0 Å². The highest BCUT2D eigenvalue weighted by atomic mass is 16.8. The largest absolute Gasteiger partial charge is 0.481 e. The second kappa shape index (κ2) is 19.2. The Morgan fingerprint density at radius 2 is 1.52 bits per heavy atom. The summed E-state index contributed by atoms with van der Waals surface area (Å²) in [6.45, 7) is 20.5. The summed E-state index contributed by atoms with van der Waals surface area (Å²) in [7, 11) is 3.29. The SMILES string of the molecule is CO[C@H]1C[C@@H]([C@@]2(C)C[C@H](C)[C@@]3(O[C@@H]([C@@]4(C)O[C@@]5(C[C@H](O)[C@@H](C)[C@@H]([C@@H](C)/C=C(\C)C(=O)[C@H](C)C[C@H](C)C(=O)O)O5)C[C@H]4O[C@H]4CC[C@H](OC)[C@@H](C)O4)CC[C@H]3C)O2)O[C@@](O)(CO)[C@@H]1C. The molecule has 0 radical (unpaired) electrons. The number of carboxylic acids is 1. The number of hydrogen-bond acceptors (Lipinski definition) is 14. The van der Waals surface area contributed by atoms with Crippen molar-refractivity contribution in [2.75, 3.05) is 20.8 Å². The van der Waals surface area contributed by atoms with Gasteiger partial charge in [0.1, 0.15) is 5.60 Å². The number of aliphatic hydroxyl groups excluding tert-OH is 2. The number of Topliss-reactive ketones (excluding diaryl/α,β-unsaturated/α-hetero) is 1. The lowest BCUT2D eigenvalue weighted by Gasteiger charge is -2.53. The van der Waals surface area contributed by atoms with E-state index in [0.717, 1.165) is 12.8 Å². The van der Waals surface area contributed by atoms with Crippen molar-refractivity contribution in [1.82, 2.24) is 0 Å². The van der Waals surface area contributed by atoms with Crippen molar-refractivity contribution >= 4 is 11.8 Å². The first-order chi connectivity index (χ1) is 29.4. The summed E-state index contributed by atoms with van der Waals surface area (Å²) in [5, 5.41) is 43.0. The Bertz CT molecular complexity index is 1640. The molecule has 2 spiro atoms. The van der Waals surface area contributed by atoms with Gasteiger partial charge in [-0.05, 0) is 65.4 Å². The molecule has 0 unspecified atom stereocenters. The molecule has 362 valence electrons. The molecular weight excluding hydrogens is 817 g/mol. The number of aliphatic carboxylic acids is 1. The lowest BCUT2D eigenvalue weighted by atomic mass is 9.76. The second-order valence-electron chi connectivity index (χ2n) is 21.0. The normalized spacial score (nSPS) is 48.6. The van der Waals surface area contributed by atoms with Crippen LogP contribution < -0.4 is 0 Å². The standard InChI is InChI=1S/C48H80O15/c1-25(41(51)26(2)19-28(4)43(52)53)18-27(3)42-31(7)34(50)22-46(61-42)23-39(58-40-17-15-35(55-12)33(9)57-40)45(11,63-46)37-16-14-29(5)48(60-37)30(6)21-44(10,62-48)38-20-36(56-13)32(8)47(54,24-49)59-38/h18,26-40,42,49-50,54H,14-17,19-24H2,1-13H3,(H,52,53)/b25-18+/t26-,27+,28+,29-,30+,31-,32-,33-,34+,35+,36+,37-,38+,39-,40+,42-,44-,45-,46+,47+,48+/m1/s1. The average Bonchev–Trinajstić information content (AvgIpc) is 3.65. The quantitative estimate of drug-likeness (QED) is 0.150. The minimum atomic E-state index is -1.80. The molecule has 6 rings (SSSR count). The number of ether oxygens (including phenoxy) is 9. The van der Waals surface area contributed by atoms with E-state index in [1.54, 1.807) is 35.0 Å². The fourth-order valence-electron chi connectivity index (χ4n) is 12.1. The summed E-state index contributed by atoms with van der Waals surface area (Å²) in [5.41, 5.74) is -1.49. The van der Waals surface area contributed by atoms with E-state index in [4.69, 9.17) is 42.6 Å². The Kier molecular flexibility index (Phi) is 15.5. The van der Waals surface area contributed by atoms with Crippen LogP contribution in [0.4, 0.5) is 0 Å². The number of hydrogen-bond donors (Lipinski definition) is 4. The first-order valence-corrected chi connectivity index (χ1v) is 23.7. The molecule has 6 aliphatic heterocycles. The number of carboxylic acid groups (broad SMARTS) is 1. The van der Waals surface area contributed by atoms with Crippen LogP contribution >= 0.6 is 0 Å². The summed E-state index contributed by atoms with van der Waals surface area (Å²) < 4.78 is 60.2. The summed E-state index contributed by atoms with van der Waals surface area (Å²) in [5.74, 6) is -7.53. The molecule has 0 aromatic carbocycles. The van der Waals surface area contributed by atoms with Gasteiger partial charge in [0.15, 0.2) is 29.4 Å². The fourth-order valence-corrected chi connectivity index (χ4v) is 12.1. The molecule has 6 fully saturated rings. The Morgan fingerprint density at radius 3 is 2.14 bits per heavy atom. The smallest absolute Gasteiger partial charge is 0.306 e. The minimum Gasteiger partial charge on any atom is -0.481 e. The van der Waals surface area contributed by atoms with Crippen LogP contribution in [-0.4, -0.2) is 137 Å². The summed E-state index contributed by atoms with van der Waals surface area (Å²) >= 11 is 0. The van der Waals surface area contributed by atoms with Crippen molar-refractivity contribution in [1.29, 1.82) is 0 Å². The van der Waals surface area contributed by atoms with E-state index >= 15 is 0 Å². The van der Waals surface area contributed by atoms with Crippen molar-refractivity contribution < 1.29 is 72.6 Å². The van der Waals surface area contributed by atoms with E-state index in [9.17, 15) is 30.0 Å². The molecule has 0 saturated carbocycles. The average molecular weight is 897 g/mol. The van der Waals surface area contributed by atoms with Gasteiger partial charge in [-0.25, -0.2) is 0 Å². The van der Waals surface area contributed by atoms with Gasteiger partial charge < -0.3 is 63.1 Å². The van der Waals surface area contributed by atoms with Crippen LogP contribution in [0.25, 0.3) is 0 Å². The Hall–Kier alpha value is -1.60. The Morgan fingerprint density at radius 1 is 0.841 bits per heavy atom. The highest BCUT2D eigenvalue weighted by Crippen LogP contribution is 2.58. The van der Waals surface area contributed by atoms with Crippen molar-refractivity contribution in [2.24, 2.45) is 41.4 Å². The fraction of sp³-hybridized carbons (Fsp3) is 0.917. The third-order valence-corrected chi connectivity index (χ3v) is 16.3. The highest BCUT2D eigenvalue weighted by molar-refractivity contribution is 5.96. The number of carbonyl (C=O) groups is 2. The van der Waals surface area contributed by atoms with Crippen LogP contribution in [0, 0.1) is 41.4 Å². The van der Waals surface area contributed by atoms with E-state index in [0.29, 0.717) is 31.3 Å². The van der Waals surface area contributed by atoms with Gasteiger partial charge in [-0.1, -0.05) is 54.5 Å². The molecule has 6 heterocycles. The van der Waals surface area contributed by atoms with Crippen LogP contribution in [0.2, 0.25) is 0 Å². The number of methoxy groups -OCH3 is 2. The van der Waals surface area contributed by atoms with Gasteiger partial charge in [-0.2, -0.15) is 0 Å². The zero-order chi connectivity index (χ0) is 46.6. The van der Waals surface area contributed by atoms with E-state index in [2.05, 4.69) is 13.8 Å². The molecule has 0 bridgehead atoms. The number of ketones is 1. The van der Waals surface area contributed by atoms with Crippen LogP contribution in [-0.2, 0) is 52.2 Å². The maximum atomic E-state index is 13.5. The lowest BCUT2D eigenvalue weighted by Crippen LogP contribution is -2.63. The molecule has 0 amide bonds. The molecule has 0 aromatic heterocycles. The minimum absolute atomic E-state index is 0.0264. The summed E-state index contributed by atoms with van der Waals surface area (Å²) in [4.78, 5) is 25.0. The predicted molar refractivity (Wildman–Crippen MR) is 230 cm³/mol. The first kappa shape index (κ1) is 50.8. The molecule has 15 heteroatoms. The Labute approximate surface area is 375 Å². The molecule has 4 N–H and O–H groups in total. The molecule has 6 aliphatic rings. The van der Waals surface area contributed by atoms with Crippen LogP contribution in [0.15, 0.2) is 11.6 Å². The maximum absolute atomic E-state index is 13.5. The van der Waals surface area contributed by atoms with Gasteiger partial charge >= 0.3 is 5.97 Å². The summed E-state index contributed by atoms with van der Waals surface area (Å²) in [6.07, 6.45) is 2.10. The van der Waals surface area contributed by atoms with Gasteiger partial charge in [0, 0.05) is 75.4 Å². The Balaban J connectivity index is 1.29. The van der Waals surface area contributed by atoms with E-state index in [-0.39, 0.29) is 67.0 Å². The van der Waals surface area contributed by atoms with Crippen molar-refractivity contribution in [2.45, 2.75) is 218 Å². The van der Waals surface area contributed by atoms with Crippen LogP contribution in [0.3, 0.4) is 0 Å². The zero-order valence-electron chi connectivity index (χ0n) is 40.2. The van der Waals surface area contributed by atoms with Gasteiger partial charge in [0.2, 0.25) is 0 Å². The van der Waals surface area contributed by atoms with Gasteiger partial charge in [-0.3, -0.25) is 9.59 Å². The number of carbonyl (C=O) groups excluding carboxylic acids is 1. The van der Waals surface area contributed by atoms with E-state index < -0.39 is 95.7 Å². The van der Waals surface area contributed by atoms with Gasteiger partial charge in [-0.15, -0.1) is 0 Å². The predicted octanol–water partition coefficient (Wildman–Crippen LogP) is 5.92. The number of rotatable bonds is 14. The van der Waals surface area contributed by atoms with E-state index in [1.165, 1.54) is 0 Å². The molecule has 15 nitrogen and oxygen atoms in total. The first-order valence-electron chi connectivity index (χ1n) is 23.7. The molecule has 0 aliphatic carbocycles. The van der Waals surface area contributed by atoms with Crippen molar-refractivity contribution in [3.63, 3.8) is 0 Å². The molecule has 21 atom stereocenters. The third kappa shape index (κ3) is 9.74. The topological polar surface area (TPSA) is 198 Å². The lowest BCUT2D eigenvalue weighted by molar-refractivity contribution is -0.389. The molecule has 6 saturated heterocycles.